The number of halogens is 2. The highest BCUT2D eigenvalue weighted by Crippen LogP contribution is 2.21. The van der Waals surface area contributed by atoms with Crippen molar-refractivity contribution in [2.75, 3.05) is 19.0 Å². The van der Waals surface area contributed by atoms with Crippen LogP contribution in [0.5, 0.6) is 0 Å². The van der Waals surface area contributed by atoms with Crippen molar-refractivity contribution in [1.29, 1.82) is 0 Å². The van der Waals surface area contributed by atoms with Crippen molar-refractivity contribution in [2.45, 2.75) is 20.0 Å². The molecule has 0 fully saturated rings. The van der Waals surface area contributed by atoms with Crippen molar-refractivity contribution in [2.24, 2.45) is 5.92 Å². The summed E-state index contributed by atoms with van der Waals surface area (Å²) in [4.78, 5) is 11.2. The highest BCUT2D eigenvalue weighted by molar-refractivity contribution is 5.90. The van der Waals surface area contributed by atoms with Crippen LogP contribution in [0.3, 0.4) is 0 Å². The average Bonchev–Trinajstić information content (AvgIpc) is 2.39. The van der Waals surface area contributed by atoms with Gasteiger partial charge in [-0.3, -0.25) is 0 Å². The smallest absolute Gasteiger partial charge is 0.340 e. The van der Waals surface area contributed by atoms with Gasteiger partial charge in [0, 0.05) is 6.54 Å². The molecule has 1 atom stereocenters. The van der Waals surface area contributed by atoms with Crippen LogP contribution in [0.4, 0.5) is 14.5 Å². The van der Waals surface area contributed by atoms with E-state index in [1.807, 2.05) is 13.8 Å². The number of carbonyl (C=O) groups excluding carboxylic acids is 1. The first-order chi connectivity index (χ1) is 8.88. The van der Waals surface area contributed by atoms with Gasteiger partial charge < -0.3 is 15.2 Å². The minimum absolute atomic E-state index is 0.00486. The van der Waals surface area contributed by atoms with E-state index in [4.69, 9.17) is 0 Å². The minimum Gasteiger partial charge on any atom is -0.465 e. The summed E-state index contributed by atoms with van der Waals surface area (Å²) in [5.74, 6) is -3.38. The van der Waals surface area contributed by atoms with Crippen LogP contribution in [0, 0.1) is 17.6 Å². The number of aliphatic hydroxyl groups is 1. The summed E-state index contributed by atoms with van der Waals surface area (Å²) in [5, 5.41) is 12.2. The van der Waals surface area contributed by atoms with Crippen molar-refractivity contribution in [1.82, 2.24) is 0 Å². The van der Waals surface area contributed by atoms with Gasteiger partial charge in [0.05, 0.1) is 24.5 Å². The lowest BCUT2D eigenvalue weighted by Gasteiger charge is -2.16. The molecule has 0 aromatic heterocycles. The van der Waals surface area contributed by atoms with Gasteiger partial charge in [-0.25, -0.2) is 13.6 Å². The van der Waals surface area contributed by atoms with Gasteiger partial charge in [0.2, 0.25) is 0 Å². The van der Waals surface area contributed by atoms with Gasteiger partial charge in [-0.1, -0.05) is 13.8 Å². The molecule has 0 radical (unpaired) electrons. The molecule has 4 nitrogen and oxygen atoms in total. The van der Waals surface area contributed by atoms with E-state index in [-0.39, 0.29) is 18.2 Å². The summed E-state index contributed by atoms with van der Waals surface area (Å²) < 4.78 is 31.6. The number of carbonyl (C=O) groups is 1. The third kappa shape index (κ3) is 3.64. The highest BCUT2D eigenvalue weighted by atomic mass is 19.2. The second kappa shape index (κ2) is 6.47. The third-order valence-electron chi connectivity index (χ3n) is 2.76. The predicted molar refractivity (Wildman–Crippen MR) is 67.0 cm³/mol. The molecule has 0 bridgehead atoms. The summed E-state index contributed by atoms with van der Waals surface area (Å²) >= 11 is 0. The number of esters is 1. The molecule has 0 spiro atoms. The summed E-state index contributed by atoms with van der Waals surface area (Å²) in [6.45, 7) is 3.71. The number of anilines is 1. The molecule has 1 unspecified atom stereocenters. The van der Waals surface area contributed by atoms with Gasteiger partial charge in [0.25, 0.3) is 0 Å². The zero-order chi connectivity index (χ0) is 14.6. The molecule has 19 heavy (non-hydrogen) atoms. The van der Waals surface area contributed by atoms with Gasteiger partial charge in [-0.15, -0.1) is 0 Å². The fraction of sp³-hybridized carbons (Fsp3) is 0.462. The van der Waals surface area contributed by atoms with Gasteiger partial charge in [0.15, 0.2) is 11.6 Å². The maximum atomic E-state index is 13.7. The number of hydrogen-bond acceptors (Lipinski definition) is 4. The monoisotopic (exact) mass is 273 g/mol. The standard InChI is InChI=1S/C13H17F2NO3/c1-7(2)10(17)6-16-9-5-4-8(13(18)19-3)11(14)12(9)15/h4-5,7,10,16-17H,6H2,1-3H3. The molecule has 1 aromatic carbocycles. The summed E-state index contributed by atoms with van der Waals surface area (Å²) in [6.07, 6.45) is -0.678. The lowest BCUT2D eigenvalue weighted by Crippen LogP contribution is -2.25. The summed E-state index contributed by atoms with van der Waals surface area (Å²) in [6, 6.07) is 2.37. The third-order valence-corrected chi connectivity index (χ3v) is 2.76. The van der Waals surface area contributed by atoms with E-state index in [0.717, 1.165) is 13.2 Å². The molecule has 0 saturated heterocycles. The molecule has 106 valence electrons. The van der Waals surface area contributed by atoms with Crippen LogP contribution in [-0.2, 0) is 4.74 Å². The van der Waals surface area contributed by atoms with E-state index in [0.29, 0.717) is 0 Å². The Morgan fingerprint density at radius 2 is 2.00 bits per heavy atom. The predicted octanol–water partition coefficient (Wildman–Crippen LogP) is 2.18. The zero-order valence-corrected chi connectivity index (χ0v) is 11.0. The number of ether oxygens (including phenoxy) is 1. The number of benzene rings is 1. The molecular formula is C13H17F2NO3. The molecule has 0 heterocycles. The molecule has 0 saturated carbocycles. The number of methoxy groups -OCH3 is 1. The van der Waals surface area contributed by atoms with Gasteiger partial charge in [-0.05, 0) is 18.1 Å². The first-order valence-corrected chi connectivity index (χ1v) is 5.86. The van der Waals surface area contributed by atoms with Crippen LogP contribution in [0.2, 0.25) is 0 Å². The SMILES string of the molecule is COC(=O)c1ccc(NCC(O)C(C)C)c(F)c1F. The molecule has 0 amide bonds. The Balaban J connectivity index is 2.88. The normalized spacial score (nSPS) is 12.4. The van der Waals surface area contributed by atoms with Crippen molar-refractivity contribution in [3.63, 3.8) is 0 Å². The van der Waals surface area contributed by atoms with Gasteiger partial charge >= 0.3 is 5.97 Å². The Kier molecular flexibility index (Phi) is 5.23. The van der Waals surface area contributed by atoms with Crippen LogP contribution in [0.25, 0.3) is 0 Å². The maximum Gasteiger partial charge on any atom is 0.340 e. The quantitative estimate of drug-likeness (QED) is 0.807. The number of hydrogen-bond donors (Lipinski definition) is 2. The first kappa shape index (κ1) is 15.4. The topological polar surface area (TPSA) is 58.6 Å². The zero-order valence-electron chi connectivity index (χ0n) is 11.0. The Hall–Kier alpha value is -1.69. The molecule has 0 aliphatic heterocycles. The van der Waals surface area contributed by atoms with Crippen LogP contribution in [0.15, 0.2) is 12.1 Å². The van der Waals surface area contributed by atoms with Crippen molar-refractivity contribution in [3.8, 4) is 0 Å². The Morgan fingerprint density at radius 1 is 1.37 bits per heavy atom. The molecular weight excluding hydrogens is 256 g/mol. The Bertz CT molecular complexity index is 463. The molecule has 0 aliphatic carbocycles. The molecule has 0 aliphatic rings. The summed E-state index contributed by atoms with van der Waals surface area (Å²) in [7, 11) is 1.09. The second-order valence-electron chi connectivity index (χ2n) is 4.47. The van der Waals surface area contributed by atoms with Crippen molar-refractivity contribution >= 4 is 11.7 Å². The lowest BCUT2D eigenvalue weighted by molar-refractivity contribution is 0.0594. The highest BCUT2D eigenvalue weighted by Gasteiger charge is 2.19. The van der Waals surface area contributed by atoms with E-state index < -0.39 is 29.3 Å². The van der Waals surface area contributed by atoms with Crippen molar-refractivity contribution in [3.05, 3.63) is 29.3 Å². The van der Waals surface area contributed by atoms with E-state index in [2.05, 4.69) is 10.1 Å². The van der Waals surface area contributed by atoms with Crippen LogP contribution in [-0.4, -0.2) is 30.8 Å². The van der Waals surface area contributed by atoms with Crippen molar-refractivity contribution < 1.29 is 23.4 Å². The number of aliphatic hydroxyl groups excluding tert-OH is 1. The van der Waals surface area contributed by atoms with E-state index >= 15 is 0 Å². The number of nitrogens with one attached hydrogen (secondary N) is 1. The van der Waals surface area contributed by atoms with E-state index in [1.165, 1.54) is 6.07 Å². The Labute approximate surface area is 110 Å². The largest absolute Gasteiger partial charge is 0.465 e. The fourth-order valence-electron chi connectivity index (χ4n) is 1.40. The van der Waals surface area contributed by atoms with Gasteiger partial charge in [-0.2, -0.15) is 0 Å². The molecule has 1 rings (SSSR count). The number of rotatable bonds is 5. The second-order valence-corrected chi connectivity index (χ2v) is 4.47. The minimum atomic E-state index is -1.27. The van der Waals surface area contributed by atoms with Crippen LogP contribution >= 0.6 is 0 Å². The Morgan fingerprint density at radius 3 is 2.53 bits per heavy atom. The van der Waals surface area contributed by atoms with E-state index in [9.17, 15) is 18.7 Å². The first-order valence-electron chi connectivity index (χ1n) is 5.86. The fourth-order valence-corrected chi connectivity index (χ4v) is 1.40. The lowest BCUT2D eigenvalue weighted by atomic mass is 10.1. The average molecular weight is 273 g/mol. The summed E-state index contributed by atoms with van der Waals surface area (Å²) in [5.41, 5.74) is -0.570. The molecule has 1 aromatic rings. The van der Waals surface area contributed by atoms with E-state index in [1.54, 1.807) is 0 Å². The molecule has 2 N–H and O–H groups in total. The van der Waals surface area contributed by atoms with Crippen LogP contribution in [0.1, 0.15) is 24.2 Å². The van der Waals surface area contributed by atoms with Gasteiger partial charge in [0.1, 0.15) is 0 Å². The maximum absolute atomic E-state index is 13.7. The van der Waals surface area contributed by atoms with Crippen LogP contribution < -0.4 is 5.32 Å². The molecule has 6 heteroatoms.